The van der Waals surface area contributed by atoms with Crippen molar-refractivity contribution < 1.29 is 14.3 Å². The molecular weight excluding hydrogens is 400 g/mol. The minimum absolute atomic E-state index is 0.00581. The first-order chi connectivity index (χ1) is 13.5. The first kappa shape index (κ1) is 19.1. The average molecular weight is 421 g/mol. The van der Waals surface area contributed by atoms with Gasteiger partial charge in [-0.1, -0.05) is 11.8 Å². The molecule has 0 spiro atoms. The minimum atomic E-state index is -0.343. The molecule has 1 N–H and O–H groups in total. The Balaban J connectivity index is 1.41. The van der Waals surface area contributed by atoms with Gasteiger partial charge in [-0.3, -0.25) is 19.0 Å². The van der Waals surface area contributed by atoms with Gasteiger partial charge in [0.05, 0.1) is 30.5 Å². The van der Waals surface area contributed by atoms with Gasteiger partial charge in [-0.15, -0.1) is 11.3 Å². The van der Waals surface area contributed by atoms with Gasteiger partial charge in [0.2, 0.25) is 5.91 Å². The third-order valence-corrected chi connectivity index (χ3v) is 6.63. The lowest BCUT2D eigenvalue weighted by molar-refractivity contribution is -0.142. The number of aromatic nitrogens is 3. The molecule has 4 rings (SSSR count). The van der Waals surface area contributed by atoms with Crippen molar-refractivity contribution >= 4 is 40.1 Å². The molecule has 0 aromatic carbocycles. The number of ether oxygens (including phenoxy) is 1. The molecule has 8 nitrogen and oxygen atoms in total. The van der Waals surface area contributed by atoms with Gasteiger partial charge in [0.25, 0.3) is 5.56 Å². The quantitative estimate of drug-likeness (QED) is 0.563. The van der Waals surface area contributed by atoms with Gasteiger partial charge in [-0.05, 0) is 26.2 Å². The number of nitrogens with one attached hydrogen (secondary N) is 1. The number of carbonyl (C=O) groups excluding carboxylic acids is 2. The number of hydrogen-bond acceptors (Lipinski definition) is 8. The number of fused-ring (bicyclic) bond motifs is 2. The summed E-state index contributed by atoms with van der Waals surface area (Å²) >= 11 is 2.79. The zero-order valence-corrected chi connectivity index (χ0v) is 17.0. The number of hydrogen-bond donors (Lipinski definition) is 1. The van der Waals surface area contributed by atoms with Gasteiger partial charge in [0.1, 0.15) is 0 Å². The number of aryl methyl sites for hydroxylation is 1. The number of thiazole rings is 1. The molecule has 1 aliphatic carbocycles. The Bertz CT molecular complexity index is 984. The van der Waals surface area contributed by atoms with E-state index in [9.17, 15) is 14.4 Å². The van der Waals surface area contributed by atoms with E-state index >= 15 is 0 Å². The van der Waals surface area contributed by atoms with E-state index in [1.54, 1.807) is 16.9 Å². The topological polar surface area (TPSA) is 103 Å². The molecule has 1 atom stereocenters. The van der Waals surface area contributed by atoms with Crippen molar-refractivity contribution in [3.05, 3.63) is 32.7 Å². The lowest BCUT2D eigenvalue weighted by Crippen LogP contribution is -2.30. The monoisotopic (exact) mass is 420 g/mol. The largest absolute Gasteiger partial charge is 0.466 e. The van der Waals surface area contributed by atoms with Crippen LogP contribution < -0.4 is 10.9 Å². The van der Waals surface area contributed by atoms with Crippen LogP contribution in [0.25, 0.3) is 0 Å². The van der Waals surface area contributed by atoms with Crippen molar-refractivity contribution in [3.63, 3.8) is 0 Å². The summed E-state index contributed by atoms with van der Waals surface area (Å²) in [6.07, 6.45) is 2.87. The predicted octanol–water partition coefficient (Wildman–Crippen LogP) is 1.97. The fourth-order valence-electron chi connectivity index (χ4n) is 3.49. The molecule has 1 aliphatic heterocycles. The second-order valence-corrected chi connectivity index (χ2v) is 8.54. The molecule has 2 aliphatic rings. The van der Waals surface area contributed by atoms with Gasteiger partial charge in [0.15, 0.2) is 10.3 Å². The van der Waals surface area contributed by atoms with E-state index in [4.69, 9.17) is 4.74 Å². The highest BCUT2D eigenvalue weighted by Crippen LogP contribution is 2.34. The summed E-state index contributed by atoms with van der Waals surface area (Å²) in [7, 11) is 0. The van der Waals surface area contributed by atoms with E-state index in [0.717, 1.165) is 35.7 Å². The lowest BCUT2D eigenvalue weighted by atomic mass is 10.2. The van der Waals surface area contributed by atoms with Gasteiger partial charge >= 0.3 is 5.97 Å². The van der Waals surface area contributed by atoms with Crippen LogP contribution in [0.15, 0.2) is 15.3 Å². The Morgan fingerprint density at radius 1 is 1.36 bits per heavy atom. The van der Waals surface area contributed by atoms with Gasteiger partial charge in [-0.25, -0.2) is 9.97 Å². The number of nitrogens with zero attached hydrogens (tertiary/aromatic N) is 3. The Morgan fingerprint density at radius 3 is 3.04 bits per heavy atom. The van der Waals surface area contributed by atoms with Crippen LogP contribution >= 0.6 is 23.1 Å². The summed E-state index contributed by atoms with van der Waals surface area (Å²) in [4.78, 5) is 45.7. The van der Waals surface area contributed by atoms with Crippen LogP contribution in [0.3, 0.4) is 0 Å². The number of anilines is 1. The molecular formula is C18H20N4O4S2. The van der Waals surface area contributed by atoms with Gasteiger partial charge < -0.3 is 10.1 Å². The van der Waals surface area contributed by atoms with E-state index in [1.165, 1.54) is 23.1 Å². The van der Waals surface area contributed by atoms with Gasteiger partial charge in [-0.2, -0.15) is 0 Å². The maximum absolute atomic E-state index is 12.8. The van der Waals surface area contributed by atoms with Crippen molar-refractivity contribution in [3.8, 4) is 0 Å². The normalized spacial score (nSPS) is 17.2. The molecule has 2 aromatic rings. The summed E-state index contributed by atoms with van der Waals surface area (Å²) in [5, 5.41) is 5.65. The highest BCUT2D eigenvalue weighted by Gasteiger charge is 2.31. The molecule has 0 unspecified atom stereocenters. The smallest absolute Gasteiger partial charge is 0.311 e. The van der Waals surface area contributed by atoms with Crippen LogP contribution in [0, 0.1) is 0 Å². The molecule has 28 heavy (non-hydrogen) atoms. The molecule has 0 saturated heterocycles. The fraction of sp³-hybridized carbons (Fsp3) is 0.500. The molecule has 0 radical (unpaired) electrons. The third kappa shape index (κ3) is 3.83. The molecule has 148 valence electrons. The van der Waals surface area contributed by atoms with Crippen molar-refractivity contribution in [2.45, 2.75) is 50.2 Å². The van der Waals surface area contributed by atoms with Crippen LogP contribution in [0.2, 0.25) is 0 Å². The standard InChI is InChI=1S/C18H20N4O4S2/c1-2-26-15(24)6-10-8-27-17(19-10)21-14(23)7-11-9-28-18-20-13-5-3-4-12(13)16(25)22(11)18/h8,11H,2-7,9H2,1H3,(H,19,21,23)/t11-/m1/s1. The highest BCUT2D eigenvalue weighted by atomic mass is 32.2. The summed E-state index contributed by atoms with van der Waals surface area (Å²) < 4.78 is 6.58. The van der Waals surface area contributed by atoms with Crippen molar-refractivity contribution in [2.24, 2.45) is 0 Å². The number of thioether (sulfide) groups is 1. The molecule has 1 amide bonds. The third-order valence-electron chi connectivity index (χ3n) is 4.72. The molecule has 0 saturated carbocycles. The van der Waals surface area contributed by atoms with E-state index in [-0.39, 0.29) is 36.3 Å². The summed E-state index contributed by atoms with van der Waals surface area (Å²) in [6, 6.07) is -0.204. The van der Waals surface area contributed by atoms with Crippen LogP contribution in [0.5, 0.6) is 0 Å². The van der Waals surface area contributed by atoms with E-state index < -0.39 is 0 Å². The maximum Gasteiger partial charge on any atom is 0.311 e. The summed E-state index contributed by atoms with van der Waals surface area (Å²) in [5.41, 5.74) is 2.30. The number of amides is 1. The van der Waals surface area contributed by atoms with Crippen LogP contribution in [-0.2, 0) is 33.6 Å². The fourth-order valence-corrected chi connectivity index (χ4v) is 5.37. The first-order valence-electron chi connectivity index (χ1n) is 9.22. The summed E-state index contributed by atoms with van der Waals surface area (Å²) in [6.45, 7) is 2.07. The van der Waals surface area contributed by atoms with Crippen molar-refractivity contribution in [1.29, 1.82) is 0 Å². The minimum Gasteiger partial charge on any atom is -0.466 e. The Hall–Kier alpha value is -2.20. The SMILES string of the molecule is CCOC(=O)Cc1csc(NC(=O)C[C@@H]2CSc3nc4c(c(=O)n32)CCC4)n1. The average Bonchev–Trinajstić information content (AvgIpc) is 3.36. The number of esters is 1. The van der Waals surface area contributed by atoms with Crippen LogP contribution in [0.4, 0.5) is 5.13 Å². The summed E-state index contributed by atoms with van der Waals surface area (Å²) in [5.74, 6) is 0.109. The first-order valence-corrected chi connectivity index (χ1v) is 11.1. The van der Waals surface area contributed by atoms with Crippen LogP contribution in [-0.4, -0.2) is 38.8 Å². The zero-order chi connectivity index (χ0) is 19.7. The van der Waals surface area contributed by atoms with Crippen molar-refractivity contribution in [1.82, 2.24) is 14.5 Å². The number of carbonyl (C=O) groups is 2. The molecule has 2 aromatic heterocycles. The second-order valence-electron chi connectivity index (χ2n) is 6.69. The van der Waals surface area contributed by atoms with E-state index in [0.29, 0.717) is 23.2 Å². The second kappa shape index (κ2) is 8.04. The predicted molar refractivity (Wildman–Crippen MR) is 106 cm³/mol. The van der Waals surface area contributed by atoms with Crippen molar-refractivity contribution in [2.75, 3.05) is 17.7 Å². The Morgan fingerprint density at radius 2 is 2.21 bits per heavy atom. The maximum atomic E-state index is 12.8. The Labute approximate surface area is 169 Å². The Kier molecular flexibility index (Phi) is 5.49. The zero-order valence-electron chi connectivity index (χ0n) is 15.4. The molecule has 0 fully saturated rings. The van der Waals surface area contributed by atoms with Crippen LogP contribution in [0.1, 0.15) is 42.8 Å². The number of rotatable bonds is 6. The molecule has 3 heterocycles. The molecule has 0 bridgehead atoms. The van der Waals surface area contributed by atoms with Gasteiger partial charge in [0, 0.05) is 23.1 Å². The van der Waals surface area contributed by atoms with E-state index in [2.05, 4.69) is 15.3 Å². The molecule has 10 heteroatoms. The lowest BCUT2D eigenvalue weighted by Gasteiger charge is -2.13. The van der Waals surface area contributed by atoms with E-state index in [1.807, 2.05) is 0 Å². The highest BCUT2D eigenvalue weighted by molar-refractivity contribution is 7.99.